The van der Waals surface area contributed by atoms with E-state index in [1.54, 1.807) is 49.4 Å². The van der Waals surface area contributed by atoms with Crippen molar-refractivity contribution >= 4 is 29.2 Å². The lowest BCUT2D eigenvalue weighted by atomic mass is 9.69. The van der Waals surface area contributed by atoms with E-state index in [0.29, 0.717) is 27.6 Å². The van der Waals surface area contributed by atoms with Crippen LogP contribution in [0.25, 0.3) is 11.3 Å². The van der Waals surface area contributed by atoms with Gasteiger partial charge < -0.3 is 24.3 Å². The first-order valence-electron chi connectivity index (χ1n) is 8.95. The number of methoxy groups -OCH3 is 1. The highest BCUT2D eigenvalue weighted by molar-refractivity contribution is 7.12. The Labute approximate surface area is 176 Å². The van der Waals surface area contributed by atoms with Crippen molar-refractivity contribution in [3.05, 3.63) is 56.8 Å². The van der Waals surface area contributed by atoms with E-state index in [1.165, 1.54) is 25.4 Å². The van der Waals surface area contributed by atoms with Crippen molar-refractivity contribution in [3.8, 4) is 11.3 Å². The summed E-state index contributed by atoms with van der Waals surface area (Å²) in [5.41, 5.74) is -0.407. The normalized spacial score (nSPS) is 16.1. The first-order valence-corrected chi connectivity index (χ1v) is 9.83. The van der Waals surface area contributed by atoms with Gasteiger partial charge in [-0.05, 0) is 44.4 Å². The van der Waals surface area contributed by atoms with Gasteiger partial charge in [0.1, 0.15) is 16.4 Å². The van der Waals surface area contributed by atoms with E-state index >= 15 is 0 Å². The molecule has 0 fully saturated rings. The van der Waals surface area contributed by atoms with Crippen LogP contribution in [0.3, 0.4) is 0 Å². The number of carboxylic acids is 2. The number of nitrogens with zero attached hydrogens (tertiary/aromatic N) is 1. The molecule has 1 aliphatic rings. The van der Waals surface area contributed by atoms with E-state index in [9.17, 15) is 24.6 Å². The Kier molecular flexibility index (Phi) is 5.34. The Morgan fingerprint density at radius 3 is 2.13 bits per heavy atom. The maximum absolute atomic E-state index is 12.2. The molecule has 0 aromatic carbocycles. The lowest BCUT2D eigenvalue weighted by Crippen LogP contribution is -2.42. The van der Waals surface area contributed by atoms with Crippen molar-refractivity contribution in [2.24, 2.45) is 0 Å². The van der Waals surface area contributed by atoms with E-state index in [0.717, 1.165) is 0 Å². The molecule has 0 unspecified atom stereocenters. The van der Waals surface area contributed by atoms with Gasteiger partial charge in [0.05, 0.1) is 23.7 Å². The third-order valence-electron chi connectivity index (χ3n) is 5.56. The van der Waals surface area contributed by atoms with Crippen molar-refractivity contribution in [1.29, 1.82) is 0 Å². The van der Waals surface area contributed by atoms with Crippen LogP contribution >= 0.6 is 11.3 Å². The zero-order valence-corrected chi connectivity index (χ0v) is 17.9. The third-order valence-corrected chi connectivity index (χ3v) is 6.45. The lowest BCUT2D eigenvalue weighted by Gasteiger charge is -2.40. The van der Waals surface area contributed by atoms with Gasteiger partial charge in [-0.25, -0.2) is 14.4 Å². The number of carbonyl (C=O) groups excluding carboxylic acids is 1. The Morgan fingerprint density at radius 1 is 1.07 bits per heavy atom. The molecule has 0 spiro atoms. The summed E-state index contributed by atoms with van der Waals surface area (Å²) in [6.45, 7) is 4.78. The molecule has 2 aromatic heterocycles. The quantitative estimate of drug-likeness (QED) is 0.688. The number of carbonyl (C=O) groups is 3. The molecule has 2 aromatic rings. The van der Waals surface area contributed by atoms with Crippen LogP contribution < -0.4 is 0 Å². The van der Waals surface area contributed by atoms with Crippen molar-refractivity contribution in [2.75, 3.05) is 14.2 Å². The number of thiophene rings is 1. The van der Waals surface area contributed by atoms with Crippen LogP contribution in [0.5, 0.6) is 0 Å². The van der Waals surface area contributed by atoms with Crippen LogP contribution in [0.1, 0.15) is 36.2 Å². The number of hydrogen-bond acceptors (Lipinski definition) is 7. The van der Waals surface area contributed by atoms with E-state index < -0.39 is 23.3 Å². The molecule has 3 heterocycles. The van der Waals surface area contributed by atoms with Crippen LogP contribution in [-0.4, -0.2) is 47.2 Å². The molecule has 3 rings (SSSR count). The second-order valence-electron chi connectivity index (χ2n) is 7.03. The highest BCUT2D eigenvalue weighted by Crippen LogP contribution is 2.48. The molecule has 8 nitrogen and oxygen atoms in total. The molecule has 158 valence electrons. The predicted octanol–water partition coefficient (Wildman–Crippen LogP) is 3.72. The summed E-state index contributed by atoms with van der Waals surface area (Å²) in [6.07, 6.45) is 0. The van der Waals surface area contributed by atoms with Gasteiger partial charge in [0.15, 0.2) is 0 Å². The van der Waals surface area contributed by atoms with Gasteiger partial charge in [-0.1, -0.05) is 0 Å². The molecular formula is C21H21NO7S. The summed E-state index contributed by atoms with van der Waals surface area (Å²) in [7, 11) is 2.90. The molecule has 9 heteroatoms. The van der Waals surface area contributed by atoms with Gasteiger partial charge in [-0.2, -0.15) is 0 Å². The summed E-state index contributed by atoms with van der Waals surface area (Å²) < 4.78 is 10.8. The maximum Gasteiger partial charge on any atom is 0.348 e. The zero-order chi connectivity index (χ0) is 22.4. The number of carboxylic acid groups (broad SMARTS) is 2. The second-order valence-corrected chi connectivity index (χ2v) is 7.95. The molecule has 30 heavy (non-hydrogen) atoms. The van der Waals surface area contributed by atoms with Gasteiger partial charge in [-0.15, -0.1) is 11.3 Å². The molecule has 0 radical (unpaired) electrons. The highest BCUT2D eigenvalue weighted by Gasteiger charge is 2.50. The van der Waals surface area contributed by atoms with E-state index in [1.807, 2.05) is 0 Å². The van der Waals surface area contributed by atoms with Crippen molar-refractivity contribution in [3.63, 3.8) is 0 Å². The topological polar surface area (TPSA) is 117 Å². The zero-order valence-electron chi connectivity index (χ0n) is 17.1. The number of allylic oxidation sites excluding steroid dienone is 2. The van der Waals surface area contributed by atoms with Gasteiger partial charge in [-0.3, -0.25) is 0 Å². The highest BCUT2D eigenvalue weighted by atomic mass is 32.1. The van der Waals surface area contributed by atoms with Crippen LogP contribution in [0, 0.1) is 0 Å². The average Bonchev–Trinajstić information content (AvgIpc) is 3.34. The third kappa shape index (κ3) is 3.02. The Balaban J connectivity index is 2.25. The maximum atomic E-state index is 12.2. The summed E-state index contributed by atoms with van der Waals surface area (Å²) in [5.74, 6) is -2.53. The molecule has 0 bridgehead atoms. The molecule has 0 saturated heterocycles. The number of aliphatic carboxylic acids is 2. The van der Waals surface area contributed by atoms with Crippen LogP contribution in [0.15, 0.2) is 50.5 Å². The van der Waals surface area contributed by atoms with Crippen molar-refractivity contribution < 1.29 is 33.8 Å². The molecule has 0 saturated carbocycles. The van der Waals surface area contributed by atoms with Crippen molar-refractivity contribution in [1.82, 2.24) is 4.90 Å². The molecule has 0 atom stereocenters. The van der Waals surface area contributed by atoms with Crippen molar-refractivity contribution in [2.45, 2.75) is 26.2 Å². The standard InChI is InChI=1S/C21H21NO7S/c1-10-15(18(23)24)21(3,16(19(25)26)11(2)22(10)4)14-7-6-13(29-14)12-8-9-30-17(12)20(27)28-5/h6-9H,1-5H3,(H,23,24)(H,25,26). The van der Waals surface area contributed by atoms with Gasteiger partial charge in [0, 0.05) is 24.0 Å². The molecule has 1 aliphatic heterocycles. The number of furan rings is 1. The SMILES string of the molecule is COC(=O)c1sccc1-c1ccc(C2(C)C(C(=O)O)=C(C)N(C)C(C)=C2C(=O)O)o1. The Hall–Kier alpha value is -3.33. The first-order chi connectivity index (χ1) is 14.0. The average molecular weight is 431 g/mol. The fourth-order valence-corrected chi connectivity index (χ4v) is 4.74. The molecular weight excluding hydrogens is 410 g/mol. The summed E-state index contributed by atoms with van der Waals surface area (Å²) in [4.78, 5) is 38.3. The molecule has 0 amide bonds. The summed E-state index contributed by atoms with van der Waals surface area (Å²) in [5, 5.41) is 21.6. The number of ether oxygens (including phenoxy) is 1. The largest absolute Gasteiger partial charge is 0.478 e. The smallest absolute Gasteiger partial charge is 0.348 e. The minimum atomic E-state index is -1.54. The summed E-state index contributed by atoms with van der Waals surface area (Å²) >= 11 is 1.18. The van der Waals surface area contributed by atoms with Crippen LogP contribution in [-0.2, 0) is 19.7 Å². The fourth-order valence-electron chi connectivity index (χ4n) is 3.92. The van der Waals surface area contributed by atoms with Crippen LogP contribution in [0.2, 0.25) is 0 Å². The Bertz CT molecular complexity index is 1080. The van der Waals surface area contributed by atoms with Gasteiger partial charge in [0.25, 0.3) is 0 Å². The second kappa shape index (κ2) is 7.49. The molecule has 0 aliphatic carbocycles. The number of esters is 1. The Morgan fingerprint density at radius 2 is 1.63 bits per heavy atom. The lowest BCUT2D eigenvalue weighted by molar-refractivity contribution is -0.134. The first kappa shape index (κ1) is 21.4. The monoisotopic (exact) mass is 431 g/mol. The van der Waals surface area contributed by atoms with E-state index in [2.05, 4.69) is 0 Å². The van der Waals surface area contributed by atoms with E-state index in [4.69, 9.17) is 9.15 Å². The van der Waals surface area contributed by atoms with E-state index in [-0.39, 0.29) is 16.9 Å². The number of hydrogen-bond donors (Lipinski definition) is 2. The summed E-state index contributed by atoms with van der Waals surface area (Å²) in [6, 6.07) is 4.83. The predicted molar refractivity (Wildman–Crippen MR) is 109 cm³/mol. The molecule has 2 N–H and O–H groups in total. The van der Waals surface area contributed by atoms with Gasteiger partial charge >= 0.3 is 17.9 Å². The minimum absolute atomic E-state index is 0.0904. The van der Waals surface area contributed by atoms with Gasteiger partial charge in [0.2, 0.25) is 0 Å². The number of rotatable bonds is 5. The minimum Gasteiger partial charge on any atom is -0.478 e. The fraction of sp³-hybridized carbons (Fsp3) is 0.286. The van der Waals surface area contributed by atoms with Crippen LogP contribution in [0.4, 0.5) is 0 Å².